The molecule has 0 aliphatic heterocycles. The largest absolute Gasteiger partial charge is 0.337 e. The molecule has 0 atom stereocenters. The van der Waals surface area contributed by atoms with Crippen molar-refractivity contribution in [2.75, 3.05) is 0 Å². The van der Waals surface area contributed by atoms with Crippen LogP contribution in [-0.2, 0) is 20.1 Å². The second kappa shape index (κ2) is 7.20. The summed E-state index contributed by atoms with van der Waals surface area (Å²) in [6.07, 6.45) is 9.54. The number of rotatable bonds is 5. The van der Waals surface area contributed by atoms with Gasteiger partial charge in [0.25, 0.3) is 5.91 Å². The van der Waals surface area contributed by atoms with E-state index in [-0.39, 0.29) is 5.91 Å². The van der Waals surface area contributed by atoms with Gasteiger partial charge in [0, 0.05) is 32.0 Å². The smallest absolute Gasteiger partial charge is 0.272 e. The summed E-state index contributed by atoms with van der Waals surface area (Å²) < 4.78 is 3.80. The maximum atomic E-state index is 13.3. The van der Waals surface area contributed by atoms with E-state index in [1.165, 1.54) is 19.3 Å². The van der Waals surface area contributed by atoms with Crippen molar-refractivity contribution >= 4 is 5.91 Å². The zero-order chi connectivity index (χ0) is 17.1. The van der Waals surface area contributed by atoms with Gasteiger partial charge in [-0.1, -0.05) is 19.3 Å². The Kier molecular flexibility index (Phi) is 5.02. The number of hydrogen-bond acceptors (Lipinski definition) is 3. The van der Waals surface area contributed by atoms with E-state index >= 15 is 0 Å². The summed E-state index contributed by atoms with van der Waals surface area (Å²) in [4.78, 5) is 19.7. The lowest BCUT2D eigenvalue weighted by Crippen LogP contribution is -2.42. The van der Waals surface area contributed by atoms with Crippen molar-refractivity contribution in [3.05, 3.63) is 35.7 Å². The molecule has 2 heterocycles. The average molecular weight is 329 g/mol. The first-order valence-electron chi connectivity index (χ1n) is 8.91. The van der Waals surface area contributed by atoms with Crippen LogP contribution in [0.4, 0.5) is 0 Å². The minimum atomic E-state index is 0.0763. The number of carbonyl (C=O) groups excluding carboxylic acids is 1. The first-order chi connectivity index (χ1) is 11.6. The highest BCUT2D eigenvalue weighted by molar-refractivity contribution is 5.93. The van der Waals surface area contributed by atoms with Crippen LogP contribution >= 0.6 is 0 Å². The van der Waals surface area contributed by atoms with Crippen molar-refractivity contribution in [3.63, 3.8) is 0 Å². The molecule has 0 bridgehead atoms. The Hall–Kier alpha value is -2.11. The molecular weight excluding hydrogens is 302 g/mol. The Bertz CT molecular complexity index is 696. The van der Waals surface area contributed by atoms with Crippen molar-refractivity contribution in [2.45, 2.75) is 65.1 Å². The molecule has 0 unspecified atom stereocenters. The summed E-state index contributed by atoms with van der Waals surface area (Å²) in [5.41, 5.74) is 1.58. The van der Waals surface area contributed by atoms with Gasteiger partial charge in [0.05, 0.1) is 12.2 Å². The summed E-state index contributed by atoms with van der Waals surface area (Å²) in [6, 6.07) is 2.20. The van der Waals surface area contributed by atoms with Gasteiger partial charge >= 0.3 is 0 Å². The van der Waals surface area contributed by atoms with E-state index in [2.05, 4.69) is 10.1 Å². The van der Waals surface area contributed by atoms with Crippen molar-refractivity contribution in [3.8, 4) is 0 Å². The molecule has 1 amide bonds. The predicted octanol–water partition coefficient (Wildman–Crippen LogP) is 2.92. The van der Waals surface area contributed by atoms with Gasteiger partial charge in [0.2, 0.25) is 0 Å². The third-order valence-electron chi connectivity index (χ3n) is 4.93. The number of imidazole rings is 1. The summed E-state index contributed by atoms with van der Waals surface area (Å²) in [5, 5.41) is 4.44. The zero-order valence-corrected chi connectivity index (χ0v) is 14.9. The van der Waals surface area contributed by atoms with Crippen LogP contribution in [0.25, 0.3) is 0 Å². The molecule has 2 aromatic heterocycles. The van der Waals surface area contributed by atoms with Crippen LogP contribution in [0.2, 0.25) is 0 Å². The fraction of sp³-hybridized carbons (Fsp3) is 0.611. The van der Waals surface area contributed by atoms with Crippen LogP contribution in [0.3, 0.4) is 0 Å². The molecule has 1 saturated carbocycles. The topological polar surface area (TPSA) is 56.0 Å². The molecule has 0 spiro atoms. The normalized spacial score (nSPS) is 15.6. The van der Waals surface area contributed by atoms with E-state index in [4.69, 9.17) is 0 Å². The summed E-state index contributed by atoms with van der Waals surface area (Å²) in [6.45, 7) is 5.22. The molecule has 0 aromatic carbocycles. The predicted molar refractivity (Wildman–Crippen MR) is 92.6 cm³/mol. The average Bonchev–Trinajstić information content (AvgIpc) is 3.18. The van der Waals surface area contributed by atoms with E-state index in [9.17, 15) is 4.79 Å². The van der Waals surface area contributed by atoms with E-state index < -0.39 is 0 Å². The van der Waals surface area contributed by atoms with Gasteiger partial charge in [0.15, 0.2) is 0 Å². The van der Waals surface area contributed by atoms with Crippen LogP contribution in [0.1, 0.15) is 61.0 Å². The number of aromatic nitrogens is 4. The molecular formula is C18H27N5O. The molecule has 130 valence electrons. The molecule has 3 rings (SSSR count). The summed E-state index contributed by atoms with van der Waals surface area (Å²) in [5.74, 6) is 1.00. The van der Waals surface area contributed by atoms with Crippen molar-refractivity contribution in [1.82, 2.24) is 24.2 Å². The van der Waals surface area contributed by atoms with Gasteiger partial charge in [-0.3, -0.25) is 9.48 Å². The number of aryl methyl sites for hydroxylation is 3. The Labute approximate surface area is 143 Å². The van der Waals surface area contributed by atoms with E-state index in [0.29, 0.717) is 24.8 Å². The van der Waals surface area contributed by atoms with E-state index in [1.54, 1.807) is 6.20 Å². The molecule has 6 nitrogen and oxygen atoms in total. The van der Waals surface area contributed by atoms with Crippen LogP contribution in [-0.4, -0.2) is 36.2 Å². The van der Waals surface area contributed by atoms with Crippen molar-refractivity contribution in [1.29, 1.82) is 0 Å². The lowest BCUT2D eigenvalue weighted by atomic mass is 9.94. The fourth-order valence-electron chi connectivity index (χ4n) is 3.57. The van der Waals surface area contributed by atoms with Gasteiger partial charge in [-0.2, -0.15) is 5.10 Å². The number of nitrogens with zero attached hydrogens (tertiary/aromatic N) is 5. The number of carbonyl (C=O) groups is 1. The van der Waals surface area contributed by atoms with Gasteiger partial charge in [-0.05, 0) is 32.8 Å². The molecule has 1 aliphatic carbocycles. The molecule has 6 heteroatoms. The molecule has 0 N–H and O–H groups in total. The molecule has 1 fully saturated rings. The Morgan fingerprint density at radius 3 is 2.71 bits per heavy atom. The SMILES string of the molecule is CCn1nc(C)cc1C(=O)N(Cc1nccn1C)C1CCCCC1. The third-order valence-corrected chi connectivity index (χ3v) is 4.93. The highest BCUT2D eigenvalue weighted by Crippen LogP contribution is 2.25. The van der Waals surface area contributed by atoms with Gasteiger partial charge < -0.3 is 9.47 Å². The Morgan fingerprint density at radius 1 is 1.33 bits per heavy atom. The first-order valence-corrected chi connectivity index (χ1v) is 8.91. The molecule has 0 saturated heterocycles. The van der Waals surface area contributed by atoms with E-state index in [1.807, 2.05) is 47.3 Å². The highest BCUT2D eigenvalue weighted by Gasteiger charge is 2.29. The minimum absolute atomic E-state index is 0.0763. The maximum absolute atomic E-state index is 13.3. The van der Waals surface area contributed by atoms with Crippen LogP contribution < -0.4 is 0 Å². The molecule has 24 heavy (non-hydrogen) atoms. The van der Waals surface area contributed by atoms with Crippen LogP contribution in [0.15, 0.2) is 18.5 Å². The van der Waals surface area contributed by atoms with Crippen LogP contribution in [0.5, 0.6) is 0 Å². The monoisotopic (exact) mass is 329 g/mol. The van der Waals surface area contributed by atoms with Gasteiger partial charge in [0.1, 0.15) is 11.5 Å². The maximum Gasteiger partial charge on any atom is 0.272 e. The zero-order valence-electron chi connectivity index (χ0n) is 14.9. The molecule has 1 aliphatic rings. The second-order valence-corrected chi connectivity index (χ2v) is 6.67. The summed E-state index contributed by atoms with van der Waals surface area (Å²) in [7, 11) is 1.98. The van der Waals surface area contributed by atoms with Gasteiger partial charge in [-0.25, -0.2) is 4.98 Å². The lowest BCUT2D eigenvalue weighted by molar-refractivity contribution is 0.0593. The van der Waals surface area contributed by atoms with Crippen molar-refractivity contribution in [2.24, 2.45) is 7.05 Å². The van der Waals surface area contributed by atoms with Gasteiger partial charge in [-0.15, -0.1) is 0 Å². The number of amides is 1. The molecule has 0 radical (unpaired) electrons. The second-order valence-electron chi connectivity index (χ2n) is 6.67. The quantitative estimate of drug-likeness (QED) is 0.847. The first kappa shape index (κ1) is 16.7. The third kappa shape index (κ3) is 3.37. The Balaban J connectivity index is 1.90. The van der Waals surface area contributed by atoms with Crippen molar-refractivity contribution < 1.29 is 4.79 Å². The lowest BCUT2D eigenvalue weighted by Gasteiger charge is -2.34. The minimum Gasteiger partial charge on any atom is -0.337 e. The fourth-order valence-corrected chi connectivity index (χ4v) is 3.57. The van der Waals surface area contributed by atoms with E-state index in [0.717, 1.165) is 24.4 Å². The number of hydrogen-bond donors (Lipinski definition) is 0. The Morgan fingerprint density at radius 2 is 2.08 bits per heavy atom. The summed E-state index contributed by atoms with van der Waals surface area (Å²) >= 11 is 0. The molecule has 2 aromatic rings. The standard InChI is InChI=1S/C18H27N5O/c1-4-23-16(12-14(2)20-23)18(24)22(15-8-6-5-7-9-15)13-17-19-10-11-21(17)3/h10-12,15H,4-9,13H2,1-3H3. The van der Waals surface area contributed by atoms with Crippen LogP contribution in [0, 0.1) is 6.92 Å². The highest BCUT2D eigenvalue weighted by atomic mass is 16.2.